The van der Waals surface area contributed by atoms with Crippen molar-refractivity contribution in [3.63, 3.8) is 0 Å². The van der Waals surface area contributed by atoms with Crippen molar-refractivity contribution < 1.29 is 34.5 Å². The van der Waals surface area contributed by atoms with Crippen LogP contribution in [0.5, 0.6) is 0 Å². The zero-order chi connectivity index (χ0) is 23.1. The molecular weight excluding hydrogens is 412 g/mol. The zero-order valence-electron chi connectivity index (χ0n) is 17.0. The van der Waals surface area contributed by atoms with Gasteiger partial charge in [-0.05, 0) is 19.8 Å². The Kier molecular flexibility index (Phi) is 8.47. The summed E-state index contributed by atoms with van der Waals surface area (Å²) in [5.74, 6) is -3.47. The normalized spacial score (nSPS) is 19.9. The lowest BCUT2D eigenvalue weighted by Gasteiger charge is -2.29. The van der Waals surface area contributed by atoms with E-state index in [0.29, 0.717) is 18.5 Å². The van der Waals surface area contributed by atoms with Gasteiger partial charge < -0.3 is 41.6 Å². The molecule has 1 aromatic heterocycles. The lowest BCUT2D eigenvalue weighted by Crippen LogP contribution is -2.59. The van der Waals surface area contributed by atoms with Gasteiger partial charge >= 0.3 is 5.97 Å². The number of aromatic nitrogens is 2. The molecule has 0 aromatic carbocycles. The SMILES string of the molecule is CC(O)C(NC(=O)C1CCCN1C(=O)C(N)CO)C(=O)NC(Cc1cnc[nH]1)C(=O)O. The number of rotatable bonds is 10. The van der Waals surface area contributed by atoms with E-state index >= 15 is 0 Å². The van der Waals surface area contributed by atoms with Crippen molar-refractivity contribution in [2.24, 2.45) is 5.73 Å². The Morgan fingerprint density at radius 3 is 2.61 bits per heavy atom. The maximum atomic E-state index is 12.7. The lowest BCUT2D eigenvalue weighted by molar-refractivity contribution is -0.144. The van der Waals surface area contributed by atoms with Crippen LogP contribution in [0.3, 0.4) is 0 Å². The minimum absolute atomic E-state index is 0.0779. The molecule has 0 saturated carbocycles. The Labute approximate surface area is 178 Å². The molecule has 1 saturated heterocycles. The number of H-pyrrole nitrogens is 1. The number of hydrogen-bond donors (Lipinski definition) is 7. The number of nitrogens with two attached hydrogens (primary N) is 1. The third-order valence-corrected chi connectivity index (χ3v) is 5.01. The van der Waals surface area contributed by atoms with Crippen LogP contribution in [0, 0.1) is 0 Å². The molecule has 5 atom stereocenters. The number of carboxylic acids is 1. The molecule has 2 heterocycles. The standard InChI is InChI=1S/C18H28N6O7/c1-9(26)14(16(28)22-12(18(30)31)5-10-6-20-8-21-10)23-15(27)13-3-2-4-24(13)17(29)11(19)7-25/h6,8-9,11-14,25-26H,2-5,7,19H2,1H3,(H,20,21)(H,22,28)(H,23,27)(H,30,31). The van der Waals surface area contributed by atoms with E-state index in [1.165, 1.54) is 24.3 Å². The van der Waals surface area contributed by atoms with Crippen LogP contribution in [0.1, 0.15) is 25.5 Å². The van der Waals surface area contributed by atoms with Gasteiger partial charge in [0.05, 0.1) is 19.0 Å². The van der Waals surface area contributed by atoms with Gasteiger partial charge in [-0.25, -0.2) is 9.78 Å². The molecule has 3 amide bonds. The molecule has 0 aliphatic carbocycles. The van der Waals surface area contributed by atoms with Gasteiger partial charge in [0.25, 0.3) is 0 Å². The van der Waals surface area contributed by atoms with Gasteiger partial charge in [0.15, 0.2) is 0 Å². The number of hydrogen-bond acceptors (Lipinski definition) is 8. The molecule has 8 N–H and O–H groups in total. The van der Waals surface area contributed by atoms with Gasteiger partial charge in [-0.2, -0.15) is 0 Å². The Morgan fingerprint density at radius 1 is 1.35 bits per heavy atom. The molecule has 13 nitrogen and oxygen atoms in total. The molecule has 1 fully saturated rings. The number of likely N-dealkylation sites (tertiary alicyclic amines) is 1. The summed E-state index contributed by atoms with van der Waals surface area (Å²) < 4.78 is 0. The van der Waals surface area contributed by atoms with Crippen LogP contribution >= 0.6 is 0 Å². The van der Waals surface area contributed by atoms with Gasteiger partial charge in [-0.1, -0.05) is 0 Å². The second-order valence-electron chi connectivity index (χ2n) is 7.39. The van der Waals surface area contributed by atoms with Crippen molar-refractivity contribution in [3.05, 3.63) is 18.2 Å². The average molecular weight is 440 g/mol. The second kappa shape index (κ2) is 10.8. The summed E-state index contributed by atoms with van der Waals surface area (Å²) in [4.78, 5) is 56.9. The second-order valence-corrected chi connectivity index (χ2v) is 7.39. The van der Waals surface area contributed by atoms with Crippen LogP contribution < -0.4 is 16.4 Å². The number of aromatic amines is 1. The summed E-state index contributed by atoms with van der Waals surface area (Å²) in [5, 5.41) is 33.2. The Bertz CT molecular complexity index is 784. The van der Waals surface area contributed by atoms with Crippen molar-refractivity contribution in [2.45, 2.75) is 56.5 Å². The van der Waals surface area contributed by atoms with E-state index < -0.39 is 60.6 Å². The fourth-order valence-electron chi connectivity index (χ4n) is 3.33. The number of nitrogens with one attached hydrogen (secondary N) is 3. The van der Waals surface area contributed by atoms with Crippen LogP contribution in [0.4, 0.5) is 0 Å². The van der Waals surface area contributed by atoms with Crippen LogP contribution in [-0.4, -0.2) is 97.3 Å². The monoisotopic (exact) mass is 440 g/mol. The number of carboxylic acid groups (broad SMARTS) is 1. The molecule has 13 heteroatoms. The number of carbonyl (C=O) groups excluding carboxylic acids is 3. The maximum Gasteiger partial charge on any atom is 0.326 e. The number of aliphatic hydroxyl groups excluding tert-OH is 2. The van der Waals surface area contributed by atoms with Crippen LogP contribution in [0.15, 0.2) is 12.5 Å². The van der Waals surface area contributed by atoms with E-state index in [-0.39, 0.29) is 13.0 Å². The quantitative estimate of drug-likeness (QED) is 0.194. The van der Waals surface area contributed by atoms with E-state index in [1.807, 2.05) is 0 Å². The zero-order valence-corrected chi connectivity index (χ0v) is 17.0. The molecule has 1 aromatic rings. The first-order valence-corrected chi connectivity index (χ1v) is 9.81. The lowest BCUT2D eigenvalue weighted by atomic mass is 10.1. The Balaban J connectivity index is 2.06. The largest absolute Gasteiger partial charge is 0.480 e. The first-order valence-electron chi connectivity index (χ1n) is 9.81. The predicted molar refractivity (Wildman–Crippen MR) is 105 cm³/mol. The van der Waals surface area contributed by atoms with Crippen LogP contribution in [-0.2, 0) is 25.6 Å². The highest BCUT2D eigenvalue weighted by Crippen LogP contribution is 2.18. The Hall–Kier alpha value is -3.03. The molecule has 1 aliphatic heterocycles. The van der Waals surface area contributed by atoms with Crippen molar-refractivity contribution in [1.29, 1.82) is 0 Å². The first kappa shape index (κ1) is 24.2. The summed E-state index contributed by atoms with van der Waals surface area (Å²) in [6.45, 7) is 0.963. The van der Waals surface area contributed by atoms with E-state index in [1.54, 1.807) is 0 Å². The van der Waals surface area contributed by atoms with Crippen molar-refractivity contribution in [2.75, 3.05) is 13.2 Å². The van der Waals surface area contributed by atoms with E-state index in [4.69, 9.17) is 10.8 Å². The molecule has 172 valence electrons. The van der Waals surface area contributed by atoms with Crippen molar-refractivity contribution >= 4 is 23.7 Å². The number of imidazole rings is 1. The first-order chi connectivity index (χ1) is 14.6. The molecule has 0 bridgehead atoms. The third kappa shape index (κ3) is 6.23. The van der Waals surface area contributed by atoms with Gasteiger partial charge in [0, 0.05) is 24.9 Å². The van der Waals surface area contributed by atoms with Gasteiger partial charge in [0.2, 0.25) is 17.7 Å². The van der Waals surface area contributed by atoms with Crippen LogP contribution in [0.25, 0.3) is 0 Å². The highest BCUT2D eigenvalue weighted by atomic mass is 16.4. The van der Waals surface area contributed by atoms with Crippen molar-refractivity contribution in [3.8, 4) is 0 Å². The van der Waals surface area contributed by atoms with Crippen LogP contribution in [0.2, 0.25) is 0 Å². The minimum Gasteiger partial charge on any atom is -0.480 e. The third-order valence-electron chi connectivity index (χ3n) is 5.01. The smallest absolute Gasteiger partial charge is 0.326 e. The molecule has 1 aliphatic rings. The number of amides is 3. The van der Waals surface area contributed by atoms with E-state index in [9.17, 15) is 29.4 Å². The van der Waals surface area contributed by atoms with Gasteiger partial charge in [-0.15, -0.1) is 0 Å². The maximum absolute atomic E-state index is 12.7. The van der Waals surface area contributed by atoms with E-state index in [0.717, 1.165) is 0 Å². The molecule has 31 heavy (non-hydrogen) atoms. The summed E-state index contributed by atoms with van der Waals surface area (Å²) in [7, 11) is 0. The highest BCUT2D eigenvalue weighted by Gasteiger charge is 2.38. The summed E-state index contributed by atoms with van der Waals surface area (Å²) >= 11 is 0. The highest BCUT2D eigenvalue weighted by molar-refractivity contribution is 5.94. The average Bonchev–Trinajstić information content (AvgIpc) is 3.41. The number of aliphatic hydroxyl groups is 2. The fraction of sp³-hybridized carbons (Fsp3) is 0.611. The van der Waals surface area contributed by atoms with Gasteiger partial charge in [0.1, 0.15) is 24.2 Å². The molecule has 2 rings (SSSR count). The van der Waals surface area contributed by atoms with Gasteiger partial charge in [-0.3, -0.25) is 14.4 Å². The summed E-state index contributed by atoms with van der Waals surface area (Å²) in [6.07, 6.45) is 2.22. The molecular formula is C18H28N6O7. The minimum atomic E-state index is -1.44. The summed E-state index contributed by atoms with van der Waals surface area (Å²) in [6, 6.07) is -4.85. The number of aliphatic carboxylic acids is 1. The Morgan fingerprint density at radius 2 is 2.06 bits per heavy atom. The summed E-state index contributed by atoms with van der Waals surface area (Å²) in [5.41, 5.74) is 6.03. The number of nitrogens with zero attached hydrogens (tertiary/aromatic N) is 2. The number of carbonyl (C=O) groups is 4. The van der Waals surface area contributed by atoms with E-state index in [2.05, 4.69) is 20.6 Å². The fourth-order valence-corrected chi connectivity index (χ4v) is 3.33. The molecule has 5 unspecified atom stereocenters. The topological polar surface area (TPSA) is 211 Å². The van der Waals surface area contributed by atoms with Crippen molar-refractivity contribution in [1.82, 2.24) is 25.5 Å². The molecule has 0 spiro atoms. The molecule has 0 radical (unpaired) electrons. The predicted octanol–water partition coefficient (Wildman–Crippen LogP) is -3.30.